The molecular weight excluding hydrogens is 282 g/mol. The summed E-state index contributed by atoms with van der Waals surface area (Å²) in [6, 6.07) is 6.67. The minimum Gasteiger partial charge on any atom is -0.306 e. The summed E-state index contributed by atoms with van der Waals surface area (Å²) in [5, 5.41) is 1.47. The van der Waals surface area contributed by atoms with Crippen LogP contribution in [0.25, 0.3) is 10.1 Å². The molecule has 0 unspecified atom stereocenters. The van der Waals surface area contributed by atoms with Gasteiger partial charge in [-0.05, 0) is 43.0 Å². The highest BCUT2D eigenvalue weighted by Crippen LogP contribution is 2.35. The van der Waals surface area contributed by atoms with Gasteiger partial charge in [0.25, 0.3) is 0 Å². The lowest BCUT2D eigenvalue weighted by atomic mass is 10.1. The molecule has 0 bridgehead atoms. The van der Waals surface area contributed by atoms with Crippen molar-refractivity contribution in [1.82, 2.24) is 4.90 Å². The predicted octanol–water partition coefficient (Wildman–Crippen LogP) is 3.69. The van der Waals surface area contributed by atoms with Crippen LogP contribution in [0, 0.1) is 0 Å². The van der Waals surface area contributed by atoms with E-state index in [1.165, 1.54) is 40.5 Å². The fourth-order valence-corrected chi connectivity index (χ4v) is 4.15. The molecule has 16 heavy (non-hydrogen) atoms. The van der Waals surface area contributed by atoms with E-state index in [9.17, 15) is 0 Å². The van der Waals surface area contributed by atoms with Crippen molar-refractivity contribution in [3.05, 3.63) is 33.1 Å². The maximum absolute atomic E-state index is 3.55. The quantitative estimate of drug-likeness (QED) is 0.716. The Labute approximate surface area is 108 Å². The molecule has 0 spiro atoms. The van der Waals surface area contributed by atoms with Crippen molar-refractivity contribution in [2.24, 2.45) is 0 Å². The van der Waals surface area contributed by atoms with Crippen LogP contribution < -0.4 is 0 Å². The van der Waals surface area contributed by atoms with Gasteiger partial charge in [-0.3, -0.25) is 0 Å². The first-order valence-electron chi connectivity index (χ1n) is 5.62. The average molecular weight is 296 g/mol. The van der Waals surface area contributed by atoms with Crippen molar-refractivity contribution in [1.29, 1.82) is 0 Å². The normalized spacial score (nSPS) is 17.4. The van der Waals surface area contributed by atoms with Gasteiger partial charge in [0.05, 0.1) is 0 Å². The Balaban J connectivity index is 2.15. The van der Waals surface area contributed by atoms with Gasteiger partial charge in [-0.25, -0.2) is 0 Å². The zero-order valence-corrected chi connectivity index (χ0v) is 11.7. The van der Waals surface area contributed by atoms with E-state index in [-0.39, 0.29) is 0 Å². The SMILES string of the molecule is CN1CCc2sc3cc(Br)ccc3c2CC1. The minimum atomic E-state index is 1.19. The number of fused-ring (bicyclic) bond motifs is 3. The lowest BCUT2D eigenvalue weighted by molar-refractivity contribution is 0.353. The van der Waals surface area contributed by atoms with Crippen LogP contribution in [0.5, 0.6) is 0 Å². The first kappa shape index (κ1) is 10.8. The summed E-state index contributed by atoms with van der Waals surface area (Å²) in [4.78, 5) is 4.02. The largest absolute Gasteiger partial charge is 0.306 e. The van der Waals surface area contributed by atoms with Crippen LogP contribution in [-0.2, 0) is 12.8 Å². The fourth-order valence-electron chi connectivity index (χ4n) is 2.36. The van der Waals surface area contributed by atoms with Gasteiger partial charge in [0.2, 0.25) is 0 Å². The summed E-state index contributed by atoms with van der Waals surface area (Å²) < 4.78 is 2.62. The summed E-state index contributed by atoms with van der Waals surface area (Å²) >= 11 is 5.52. The van der Waals surface area contributed by atoms with E-state index >= 15 is 0 Å². The molecule has 0 fully saturated rings. The third-order valence-electron chi connectivity index (χ3n) is 3.30. The Morgan fingerprint density at radius 1 is 1.25 bits per heavy atom. The van der Waals surface area contributed by atoms with Crippen LogP contribution >= 0.6 is 27.3 Å². The maximum Gasteiger partial charge on any atom is 0.0359 e. The Morgan fingerprint density at radius 2 is 2.06 bits per heavy atom. The maximum atomic E-state index is 3.55. The molecule has 1 nitrogen and oxygen atoms in total. The first-order chi connectivity index (χ1) is 7.74. The highest BCUT2D eigenvalue weighted by Gasteiger charge is 2.16. The molecule has 1 aliphatic heterocycles. The molecule has 1 aliphatic rings. The van der Waals surface area contributed by atoms with E-state index in [4.69, 9.17) is 0 Å². The molecule has 2 aromatic rings. The van der Waals surface area contributed by atoms with E-state index in [0.717, 1.165) is 0 Å². The third kappa shape index (κ3) is 1.81. The Morgan fingerprint density at radius 3 is 2.94 bits per heavy atom. The third-order valence-corrected chi connectivity index (χ3v) is 5.05. The summed E-state index contributed by atoms with van der Waals surface area (Å²) in [6.07, 6.45) is 2.41. The lowest BCUT2D eigenvalue weighted by Gasteiger charge is -2.11. The molecule has 0 N–H and O–H groups in total. The Kier molecular flexibility index (Phi) is 2.78. The first-order valence-corrected chi connectivity index (χ1v) is 7.23. The van der Waals surface area contributed by atoms with E-state index < -0.39 is 0 Å². The topological polar surface area (TPSA) is 3.24 Å². The molecule has 3 heteroatoms. The predicted molar refractivity (Wildman–Crippen MR) is 74.4 cm³/mol. The molecule has 0 aliphatic carbocycles. The number of hydrogen-bond acceptors (Lipinski definition) is 2. The number of benzene rings is 1. The summed E-state index contributed by atoms with van der Waals surface area (Å²) in [6.45, 7) is 2.38. The van der Waals surface area contributed by atoms with Crippen molar-refractivity contribution < 1.29 is 0 Å². The molecule has 84 valence electrons. The number of thiophene rings is 1. The van der Waals surface area contributed by atoms with Crippen molar-refractivity contribution in [3.63, 3.8) is 0 Å². The molecule has 1 aromatic heterocycles. The van der Waals surface area contributed by atoms with E-state index in [2.05, 4.69) is 46.1 Å². The summed E-state index contributed by atoms with van der Waals surface area (Å²) in [7, 11) is 2.22. The second-order valence-corrected chi connectivity index (χ2v) is 6.50. The van der Waals surface area contributed by atoms with Gasteiger partial charge in [0, 0.05) is 27.1 Å². The highest BCUT2D eigenvalue weighted by molar-refractivity contribution is 9.10. The van der Waals surface area contributed by atoms with Crippen molar-refractivity contribution in [2.45, 2.75) is 12.8 Å². The number of nitrogens with zero attached hydrogens (tertiary/aromatic N) is 1. The van der Waals surface area contributed by atoms with Crippen molar-refractivity contribution in [2.75, 3.05) is 20.1 Å². The van der Waals surface area contributed by atoms with Crippen LogP contribution in [0.3, 0.4) is 0 Å². The molecule has 0 amide bonds. The van der Waals surface area contributed by atoms with Crippen LogP contribution in [0.1, 0.15) is 10.4 Å². The van der Waals surface area contributed by atoms with E-state index in [1.807, 2.05) is 11.3 Å². The standard InChI is InChI=1S/C13H14BrNS/c1-15-6-4-11-10-3-2-9(14)8-13(10)16-12(11)5-7-15/h2-3,8H,4-7H2,1H3. The van der Waals surface area contributed by atoms with Gasteiger partial charge < -0.3 is 4.90 Å². The molecule has 2 heterocycles. The van der Waals surface area contributed by atoms with Crippen LogP contribution in [0.4, 0.5) is 0 Å². The summed E-state index contributed by atoms with van der Waals surface area (Å²) in [5.74, 6) is 0. The number of likely N-dealkylation sites (N-methyl/N-ethyl adjacent to an activating group) is 1. The molecule has 0 saturated heterocycles. The van der Waals surface area contributed by atoms with E-state index in [0.29, 0.717) is 0 Å². The molecular formula is C13H14BrNS. The molecule has 3 rings (SSSR count). The van der Waals surface area contributed by atoms with Gasteiger partial charge in [0.15, 0.2) is 0 Å². The summed E-state index contributed by atoms with van der Waals surface area (Å²) in [5.41, 5.74) is 1.59. The monoisotopic (exact) mass is 295 g/mol. The average Bonchev–Trinajstić information content (AvgIpc) is 2.50. The number of halogens is 1. The highest BCUT2D eigenvalue weighted by atomic mass is 79.9. The minimum absolute atomic E-state index is 1.19. The smallest absolute Gasteiger partial charge is 0.0359 e. The van der Waals surface area contributed by atoms with E-state index in [1.54, 1.807) is 10.4 Å². The van der Waals surface area contributed by atoms with Gasteiger partial charge in [-0.1, -0.05) is 22.0 Å². The van der Waals surface area contributed by atoms with Gasteiger partial charge in [-0.15, -0.1) is 11.3 Å². The van der Waals surface area contributed by atoms with Crippen LogP contribution in [0.2, 0.25) is 0 Å². The molecule has 1 aromatic carbocycles. The second-order valence-electron chi connectivity index (χ2n) is 4.45. The van der Waals surface area contributed by atoms with Crippen LogP contribution in [-0.4, -0.2) is 25.0 Å². The zero-order chi connectivity index (χ0) is 11.1. The second kappa shape index (κ2) is 4.13. The van der Waals surface area contributed by atoms with Gasteiger partial charge >= 0.3 is 0 Å². The zero-order valence-electron chi connectivity index (χ0n) is 9.29. The van der Waals surface area contributed by atoms with Gasteiger partial charge in [-0.2, -0.15) is 0 Å². The Hall–Kier alpha value is -0.380. The lowest BCUT2D eigenvalue weighted by Crippen LogP contribution is -2.20. The molecule has 0 saturated carbocycles. The van der Waals surface area contributed by atoms with Crippen LogP contribution in [0.15, 0.2) is 22.7 Å². The number of rotatable bonds is 0. The molecule has 0 radical (unpaired) electrons. The fraction of sp³-hybridized carbons (Fsp3) is 0.385. The Bertz CT molecular complexity index is 532. The van der Waals surface area contributed by atoms with Gasteiger partial charge in [0.1, 0.15) is 0 Å². The molecule has 0 atom stereocenters. The van der Waals surface area contributed by atoms with Crippen molar-refractivity contribution >= 4 is 37.4 Å². The van der Waals surface area contributed by atoms with Crippen molar-refractivity contribution in [3.8, 4) is 0 Å². The number of hydrogen-bond donors (Lipinski definition) is 0.